The molecule has 3 rings (SSSR count). The number of Topliss-reactive ketones (excluding diaryl/α,β-unsaturated/α-hetero) is 1. The second-order valence-electron chi connectivity index (χ2n) is 7.95. The summed E-state index contributed by atoms with van der Waals surface area (Å²) >= 11 is 0. The normalized spacial score (nSPS) is 23.2. The van der Waals surface area contributed by atoms with Crippen molar-refractivity contribution in [3.8, 4) is 5.75 Å². The van der Waals surface area contributed by atoms with Gasteiger partial charge in [-0.25, -0.2) is 0 Å². The Bertz CT molecular complexity index is 1000. The fourth-order valence-electron chi connectivity index (χ4n) is 4.84. The van der Waals surface area contributed by atoms with Gasteiger partial charge >= 0.3 is 11.9 Å². The van der Waals surface area contributed by atoms with E-state index in [1.165, 1.54) is 20.3 Å². The van der Waals surface area contributed by atoms with Crippen LogP contribution in [0.2, 0.25) is 0 Å². The zero-order chi connectivity index (χ0) is 23.6. The fraction of sp³-hybridized carbons (Fsp3) is 0.400. The van der Waals surface area contributed by atoms with Gasteiger partial charge in [0.15, 0.2) is 5.41 Å². The van der Waals surface area contributed by atoms with Gasteiger partial charge in [-0.2, -0.15) is 0 Å². The molecule has 0 bridgehead atoms. The summed E-state index contributed by atoms with van der Waals surface area (Å²) in [6.45, 7) is 5.69. The van der Waals surface area contributed by atoms with Gasteiger partial charge in [0.2, 0.25) is 0 Å². The second-order valence-corrected chi connectivity index (χ2v) is 7.95. The van der Waals surface area contributed by atoms with Crippen LogP contribution in [0.15, 0.2) is 48.6 Å². The van der Waals surface area contributed by atoms with Gasteiger partial charge < -0.3 is 18.9 Å². The van der Waals surface area contributed by atoms with Crippen molar-refractivity contribution in [1.82, 2.24) is 0 Å². The Labute approximate surface area is 187 Å². The number of rotatable bonds is 7. The Morgan fingerprint density at radius 3 is 2.25 bits per heavy atom. The van der Waals surface area contributed by atoms with Crippen LogP contribution in [0.5, 0.6) is 5.75 Å². The zero-order valence-corrected chi connectivity index (χ0v) is 19.0. The molecule has 170 valence electrons. The van der Waals surface area contributed by atoms with Crippen molar-refractivity contribution in [2.75, 3.05) is 28.4 Å². The first-order valence-electron chi connectivity index (χ1n) is 10.2. The zero-order valence-electron chi connectivity index (χ0n) is 19.0. The number of esters is 2. The first-order chi connectivity index (χ1) is 15.3. The van der Waals surface area contributed by atoms with Crippen molar-refractivity contribution in [1.29, 1.82) is 0 Å². The third-order valence-electron chi connectivity index (χ3n) is 6.40. The summed E-state index contributed by atoms with van der Waals surface area (Å²) in [5.41, 5.74) is 0.620. The quantitative estimate of drug-likeness (QED) is 0.365. The Balaban J connectivity index is 2.06. The van der Waals surface area contributed by atoms with Gasteiger partial charge in [0.25, 0.3) is 0 Å². The van der Waals surface area contributed by atoms with Crippen molar-refractivity contribution < 1.29 is 33.3 Å². The largest absolute Gasteiger partial charge is 0.496 e. The molecule has 0 saturated carbocycles. The third-order valence-corrected chi connectivity index (χ3v) is 6.40. The molecular formula is C25H28O7. The Morgan fingerprint density at radius 2 is 1.72 bits per heavy atom. The van der Waals surface area contributed by atoms with E-state index in [-0.39, 0.29) is 18.1 Å². The smallest absolute Gasteiger partial charge is 0.327 e. The lowest BCUT2D eigenvalue weighted by Gasteiger charge is -2.32. The number of hydrogen-bond donors (Lipinski definition) is 0. The maximum Gasteiger partial charge on any atom is 0.327 e. The van der Waals surface area contributed by atoms with E-state index in [2.05, 4.69) is 6.58 Å². The standard InChI is InChI=1S/C25H28O7/c1-7-15-17(11-20(30-4)16-9-8-10-19(29-3)21(15)16)22(26)18-13-25(12-14(18)2,23(27)31-5)24(28)32-6/h7-12,15,17-18H,1,13H2,2-6H3/t15?,17-,18-/m1/s1. The van der Waals surface area contributed by atoms with Gasteiger partial charge in [-0.15, -0.1) is 6.58 Å². The second kappa shape index (κ2) is 9.02. The van der Waals surface area contributed by atoms with Crippen LogP contribution in [0.4, 0.5) is 0 Å². The average Bonchev–Trinajstić information content (AvgIpc) is 3.19. The van der Waals surface area contributed by atoms with Crippen LogP contribution < -0.4 is 4.74 Å². The molecule has 0 fully saturated rings. The van der Waals surface area contributed by atoms with Gasteiger partial charge in [0.1, 0.15) is 17.3 Å². The van der Waals surface area contributed by atoms with E-state index in [0.717, 1.165) is 11.1 Å². The Kier molecular flexibility index (Phi) is 6.57. The monoisotopic (exact) mass is 440 g/mol. The van der Waals surface area contributed by atoms with E-state index in [1.807, 2.05) is 18.2 Å². The predicted octanol–water partition coefficient (Wildman–Crippen LogP) is 3.45. The highest BCUT2D eigenvalue weighted by Crippen LogP contribution is 2.49. The lowest BCUT2D eigenvalue weighted by atomic mass is 9.72. The number of hydrogen-bond acceptors (Lipinski definition) is 7. The molecule has 0 amide bonds. The summed E-state index contributed by atoms with van der Waals surface area (Å²) < 4.78 is 20.9. The van der Waals surface area contributed by atoms with Gasteiger partial charge in [0, 0.05) is 23.0 Å². The molecule has 0 aromatic heterocycles. The topological polar surface area (TPSA) is 88.1 Å². The molecule has 3 atom stereocenters. The van der Waals surface area contributed by atoms with E-state index in [4.69, 9.17) is 18.9 Å². The van der Waals surface area contributed by atoms with Crippen LogP contribution in [-0.4, -0.2) is 46.2 Å². The van der Waals surface area contributed by atoms with Crippen LogP contribution in [-0.2, 0) is 28.6 Å². The molecule has 0 heterocycles. The van der Waals surface area contributed by atoms with Crippen LogP contribution in [0.1, 0.15) is 30.4 Å². The van der Waals surface area contributed by atoms with Crippen LogP contribution in [0, 0.1) is 17.3 Å². The van der Waals surface area contributed by atoms with Gasteiger partial charge in [-0.1, -0.05) is 29.9 Å². The van der Waals surface area contributed by atoms with E-state index in [1.54, 1.807) is 33.3 Å². The number of carbonyl (C=O) groups is 3. The van der Waals surface area contributed by atoms with Crippen LogP contribution >= 0.6 is 0 Å². The van der Waals surface area contributed by atoms with Crippen LogP contribution in [0.25, 0.3) is 5.76 Å². The molecule has 0 spiro atoms. The summed E-state index contributed by atoms with van der Waals surface area (Å²) in [5.74, 6) is -2.12. The lowest BCUT2D eigenvalue weighted by molar-refractivity contribution is -0.165. The molecule has 7 nitrogen and oxygen atoms in total. The molecule has 0 N–H and O–H groups in total. The van der Waals surface area contributed by atoms with Crippen molar-refractivity contribution >= 4 is 23.5 Å². The summed E-state index contributed by atoms with van der Waals surface area (Å²) in [5, 5.41) is 0. The number of ketones is 1. The Morgan fingerprint density at radius 1 is 1.06 bits per heavy atom. The highest BCUT2D eigenvalue weighted by atomic mass is 16.5. The van der Waals surface area contributed by atoms with E-state index in [9.17, 15) is 14.4 Å². The van der Waals surface area contributed by atoms with Gasteiger partial charge in [0.05, 0.1) is 34.4 Å². The summed E-state index contributed by atoms with van der Waals surface area (Å²) in [7, 11) is 5.53. The van der Waals surface area contributed by atoms with Crippen molar-refractivity contribution in [2.45, 2.75) is 19.3 Å². The van der Waals surface area contributed by atoms with E-state index >= 15 is 0 Å². The highest BCUT2D eigenvalue weighted by Gasteiger charge is 2.54. The van der Waals surface area contributed by atoms with Crippen molar-refractivity contribution in [2.24, 2.45) is 17.3 Å². The molecule has 0 aliphatic heterocycles. The maximum absolute atomic E-state index is 13.8. The maximum atomic E-state index is 13.8. The summed E-state index contributed by atoms with van der Waals surface area (Å²) in [6.07, 6.45) is 4.94. The summed E-state index contributed by atoms with van der Waals surface area (Å²) in [4.78, 5) is 38.9. The predicted molar refractivity (Wildman–Crippen MR) is 118 cm³/mol. The Hall–Kier alpha value is -3.35. The minimum atomic E-state index is -1.64. The molecular weight excluding hydrogens is 412 g/mol. The first kappa shape index (κ1) is 23.3. The molecule has 1 aromatic rings. The number of benzene rings is 1. The minimum absolute atomic E-state index is 0.0493. The van der Waals surface area contributed by atoms with Crippen LogP contribution in [0.3, 0.4) is 0 Å². The van der Waals surface area contributed by atoms with Crippen molar-refractivity contribution in [3.05, 3.63) is 59.7 Å². The van der Waals surface area contributed by atoms with E-state index in [0.29, 0.717) is 17.1 Å². The highest BCUT2D eigenvalue weighted by molar-refractivity contribution is 6.05. The number of allylic oxidation sites excluding steroid dienone is 3. The number of fused-ring (bicyclic) bond motifs is 1. The minimum Gasteiger partial charge on any atom is -0.496 e. The number of ether oxygens (including phenoxy) is 4. The molecule has 7 heteroatoms. The molecule has 1 aromatic carbocycles. The average molecular weight is 440 g/mol. The molecule has 2 aliphatic carbocycles. The third kappa shape index (κ3) is 3.51. The molecule has 0 radical (unpaired) electrons. The van der Waals surface area contributed by atoms with Gasteiger partial charge in [-0.3, -0.25) is 14.4 Å². The number of methoxy groups -OCH3 is 4. The summed E-state index contributed by atoms with van der Waals surface area (Å²) in [6, 6.07) is 5.60. The SMILES string of the molecule is C=CC1c2c(OC)cccc2C(OC)=C[C@H]1C(=O)[C@@H]1CC(C(=O)OC)(C(=O)OC)C=C1C. The lowest BCUT2D eigenvalue weighted by Crippen LogP contribution is -2.40. The molecule has 1 unspecified atom stereocenters. The number of carbonyl (C=O) groups excluding carboxylic acids is 3. The molecule has 32 heavy (non-hydrogen) atoms. The van der Waals surface area contributed by atoms with E-state index < -0.39 is 29.2 Å². The molecule has 0 saturated heterocycles. The van der Waals surface area contributed by atoms with Gasteiger partial charge in [-0.05, 0) is 25.5 Å². The first-order valence-corrected chi connectivity index (χ1v) is 10.2. The molecule has 2 aliphatic rings. The van der Waals surface area contributed by atoms with Crippen molar-refractivity contribution in [3.63, 3.8) is 0 Å². The fourth-order valence-corrected chi connectivity index (χ4v) is 4.84.